The van der Waals surface area contributed by atoms with E-state index in [1.165, 1.54) is 0 Å². The normalized spacial score (nSPS) is 12.0. The minimum absolute atomic E-state index is 0.0903. The van der Waals surface area contributed by atoms with Gasteiger partial charge in [0.05, 0.1) is 0 Å². The third-order valence-corrected chi connectivity index (χ3v) is 3.46. The van der Waals surface area contributed by atoms with Gasteiger partial charge in [-0.2, -0.15) is 0 Å². The summed E-state index contributed by atoms with van der Waals surface area (Å²) in [7, 11) is 0. The highest BCUT2D eigenvalue weighted by molar-refractivity contribution is 6.21. The van der Waals surface area contributed by atoms with Crippen molar-refractivity contribution in [2.75, 3.05) is 25.0 Å². The average Bonchev–Trinajstić information content (AvgIpc) is 2.17. The van der Waals surface area contributed by atoms with Crippen LogP contribution in [0.4, 0.5) is 0 Å². The fourth-order valence-corrected chi connectivity index (χ4v) is 2.21. The van der Waals surface area contributed by atoms with Crippen LogP contribution in [0.5, 0.6) is 0 Å². The minimum Gasteiger partial charge on any atom is -0.382 e. The molecule has 0 aromatic carbocycles. The van der Waals surface area contributed by atoms with E-state index in [2.05, 4.69) is 6.92 Å². The van der Waals surface area contributed by atoms with Crippen molar-refractivity contribution >= 4 is 23.2 Å². The molecule has 0 fully saturated rings. The monoisotopic (exact) mass is 226 g/mol. The Morgan fingerprint density at radius 1 is 1.08 bits per heavy atom. The predicted molar refractivity (Wildman–Crippen MR) is 59.9 cm³/mol. The molecule has 0 aliphatic rings. The first-order chi connectivity index (χ1) is 6.24. The fraction of sp³-hybridized carbons (Fsp3) is 1.00. The van der Waals surface area contributed by atoms with Crippen molar-refractivity contribution in [1.29, 1.82) is 0 Å². The van der Waals surface area contributed by atoms with E-state index < -0.39 is 0 Å². The summed E-state index contributed by atoms with van der Waals surface area (Å²) in [4.78, 5) is 0. The summed E-state index contributed by atoms with van der Waals surface area (Å²) in [6, 6.07) is 0. The Labute approximate surface area is 91.7 Å². The van der Waals surface area contributed by atoms with Gasteiger partial charge in [0.25, 0.3) is 0 Å². The molecule has 13 heavy (non-hydrogen) atoms. The largest absolute Gasteiger partial charge is 0.382 e. The average molecular weight is 227 g/mol. The van der Waals surface area contributed by atoms with Crippen LogP contribution in [0, 0.1) is 5.41 Å². The molecule has 0 rings (SSSR count). The van der Waals surface area contributed by atoms with Crippen LogP contribution in [0.1, 0.15) is 33.1 Å². The molecule has 0 saturated carbocycles. The summed E-state index contributed by atoms with van der Waals surface area (Å²) in [6.45, 7) is 5.71. The van der Waals surface area contributed by atoms with Gasteiger partial charge in [-0.15, -0.1) is 23.2 Å². The van der Waals surface area contributed by atoms with E-state index in [1.54, 1.807) is 0 Å². The second-order valence-electron chi connectivity index (χ2n) is 3.46. The van der Waals surface area contributed by atoms with Crippen molar-refractivity contribution in [1.82, 2.24) is 0 Å². The number of alkyl halides is 2. The molecule has 0 saturated heterocycles. The molecular weight excluding hydrogens is 207 g/mol. The van der Waals surface area contributed by atoms with Gasteiger partial charge in [0.15, 0.2) is 0 Å². The lowest BCUT2D eigenvalue weighted by Crippen LogP contribution is -2.27. The van der Waals surface area contributed by atoms with Crippen LogP contribution in [0.2, 0.25) is 0 Å². The van der Waals surface area contributed by atoms with Crippen molar-refractivity contribution in [2.24, 2.45) is 5.41 Å². The molecule has 80 valence electrons. The number of ether oxygens (including phenoxy) is 1. The predicted octanol–water partition coefficient (Wildman–Crippen LogP) is 3.68. The van der Waals surface area contributed by atoms with Gasteiger partial charge in [-0.3, -0.25) is 0 Å². The van der Waals surface area contributed by atoms with Gasteiger partial charge < -0.3 is 4.74 Å². The smallest absolute Gasteiger partial charge is 0.0472 e. The molecule has 0 aromatic rings. The quantitative estimate of drug-likeness (QED) is 0.454. The zero-order chi connectivity index (χ0) is 10.2. The van der Waals surface area contributed by atoms with E-state index in [1.807, 2.05) is 6.92 Å². The second-order valence-corrected chi connectivity index (χ2v) is 4.00. The Hall–Kier alpha value is 0.540. The van der Waals surface area contributed by atoms with Gasteiger partial charge in [-0.1, -0.05) is 13.3 Å². The second kappa shape index (κ2) is 7.90. The summed E-state index contributed by atoms with van der Waals surface area (Å²) in [5.41, 5.74) is 0.0903. The molecule has 0 unspecified atom stereocenters. The molecule has 0 aliphatic heterocycles. The zero-order valence-electron chi connectivity index (χ0n) is 8.61. The Kier molecular flexibility index (Phi) is 8.23. The Morgan fingerprint density at radius 3 is 2.08 bits per heavy atom. The van der Waals surface area contributed by atoms with Crippen molar-refractivity contribution in [3.05, 3.63) is 0 Å². The first kappa shape index (κ1) is 13.5. The fourth-order valence-electron chi connectivity index (χ4n) is 1.39. The molecule has 0 atom stereocenters. The highest BCUT2D eigenvalue weighted by atomic mass is 35.5. The topological polar surface area (TPSA) is 9.23 Å². The van der Waals surface area contributed by atoms with Gasteiger partial charge in [0.2, 0.25) is 0 Å². The zero-order valence-corrected chi connectivity index (χ0v) is 10.1. The molecule has 0 bridgehead atoms. The van der Waals surface area contributed by atoms with Gasteiger partial charge in [-0.05, 0) is 25.2 Å². The lowest BCUT2D eigenvalue weighted by molar-refractivity contribution is 0.113. The summed E-state index contributed by atoms with van der Waals surface area (Å²) in [5.74, 6) is 1.27. The highest BCUT2D eigenvalue weighted by Crippen LogP contribution is 2.31. The molecule has 3 heteroatoms. The Bertz CT molecular complexity index is 113. The molecule has 0 radical (unpaired) electrons. The first-order valence-electron chi connectivity index (χ1n) is 4.94. The van der Waals surface area contributed by atoms with Gasteiger partial charge in [-0.25, -0.2) is 0 Å². The van der Waals surface area contributed by atoms with Crippen molar-refractivity contribution in [2.45, 2.75) is 33.1 Å². The van der Waals surface area contributed by atoms with Crippen LogP contribution in [0.15, 0.2) is 0 Å². The van der Waals surface area contributed by atoms with Gasteiger partial charge in [0, 0.05) is 25.0 Å². The van der Waals surface area contributed by atoms with E-state index in [0.717, 1.165) is 32.5 Å². The van der Waals surface area contributed by atoms with Crippen LogP contribution in [0.25, 0.3) is 0 Å². The van der Waals surface area contributed by atoms with E-state index in [-0.39, 0.29) is 5.41 Å². The SMILES string of the molecule is CCCC(CCl)(CCl)CCOCC. The maximum atomic E-state index is 5.94. The van der Waals surface area contributed by atoms with Gasteiger partial charge in [0.1, 0.15) is 0 Å². The molecule has 0 spiro atoms. The summed E-state index contributed by atoms with van der Waals surface area (Å²) in [6.07, 6.45) is 3.19. The van der Waals surface area contributed by atoms with E-state index >= 15 is 0 Å². The number of hydrogen-bond acceptors (Lipinski definition) is 1. The number of rotatable bonds is 8. The summed E-state index contributed by atoms with van der Waals surface area (Å²) < 4.78 is 5.32. The standard InChI is InChI=1S/C10H20Cl2O/c1-3-5-10(8-11,9-12)6-7-13-4-2/h3-9H2,1-2H3. The minimum atomic E-state index is 0.0903. The summed E-state index contributed by atoms with van der Waals surface area (Å²) >= 11 is 11.9. The molecule has 0 aliphatic carbocycles. The highest BCUT2D eigenvalue weighted by Gasteiger charge is 2.26. The molecule has 0 heterocycles. The molecule has 1 nitrogen and oxygen atoms in total. The molecule has 0 amide bonds. The van der Waals surface area contributed by atoms with Crippen molar-refractivity contribution < 1.29 is 4.74 Å². The van der Waals surface area contributed by atoms with Crippen LogP contribution < -0.4 is 0 Å². The summed E-state index contributed by atoms with van der Waals surface area (Å²) in [5, 5.41) is 0. The first-order valence-corrected chi connectivity index (χ1v) is 6.01. The molecular formula is C10H20Cl2O. The van der Waals surface area contributed by atoms with Crippen LogP contribution in [-0.2, 0) is 4.74 Å². The Morgan fingerprint density at radius 2 is 1.69 bits per heavy atom. The third kappa shape index (κ3) is 5.09. The van der Waals surface area contributed by atoms with E-state index in [4.69, 9.17) is 27.9 Å². The molecule has 0 aromatic heterocycles. The van der Waals surface area contributed by atoms with Crippen LogP contribution >= 0.6 is 23.2 Å². The van der Waals surface area contributed by atoms with E-state index in [0.29, 0.717) is 11.8 Å². The number of halogens is 2. The van der Waals surface area contributed by atoms with Crippen molar-refractivity contribution in [3.63, 3.8) is 0 Å². The number of hydrogen-bond donors (Lipinski definition) is 0. The molecule has 0 N–H and O–H groups in total. The lowest BCUT2D eigenvalue weighted by Gasteiger charge is -2.28. The third-order valence-electron chi connectivity index (χ3n) is 2.33. The van der Waals surface area contributed by atoms with E-state index in [9.17, 15) is 0 Å². The Balaban J connectivity index is 3.89. The maximum Gasteiger partial charge on any atom is 0.0472 e. The van der Waals surface area contributed by atoms with Crippen molar-refractivity contribution in [3.8, 4) is 0 Å². The van der Waals surface area contributed by atoms with Crippen LogP contribution in [-0.4, -0.2) is 25.0 Å². The van der Waals surface area contributed by atoms with Crippen LogP contribution in [0.3, 0.4) is 0 Å². The van der Waals surface area contributed by atoms with Gasteiger partial charge >= 0.3 is 0 Å². The maximum absolute atomic E-state index is 5.94. The lowest BCUT2D eigenvalue weighted by atomic mass is 9.84.